The molecule has 0 bridgehead atoms. The number of alkyl halides is 3. The number of hydrogen-bond donors (Lipinski definition) is 3. The van der Waals surface area contributed by atoms with Crippen LogP contribution < -0.4 is 0 Å². The number of aromatic nitrogens is 3. The first-order valence-corrected chi connectivity index (χ1v) is 32.9. The number of halogens is 7. The average molecular weight is 1370 g/mol. The number of hydrogen-bond acceptors (Lipinski definition) is 6. The predicted octanol–water partition coefficient (Wildman–Crippen LogP) is 20.3. The van der Waals surface area contributed by atoms with E-state index in [0.29, 0.717) is 47.6 Å². The Morgan fingerprint density at radius 2 is 0.861 bits per heavy atom. The quantitative estimate of drug-likeness (QED) is 0.0973. The molecule has 0 saturated carbocycles. The lowest BCUT2D eigenvalue weighted by atomic mass is 9.91. The van der Waals surface area contributed by atoms with Gasteiger partial charge in [-0.1, -0.05) is 71.9 Å². The van der Waals surface area contributed by atoms with Crippen molar-refractivity contribution in [1.82, 2.24) is 13.7 Å². The zero-order valence-electron chi connectivity index (χ0n) is 56.2. The second-order valence-electron chi connectivity index (χ2n) is 26.5. The smallest absolute Gasteiger partial charge is 0.417 e. The molecule has 6 heterocycles. The van der Waals surface area contributed by atoms with Gasteiger partial charge in [-0.15, -0.1) is 0 Å². The van der Waals surface area contributed by atoms with Gasteiger partial charge in [-0.2, -0.15) is 13.2 Å². The van der Waals surface area contributed by atoms with Gasteiger partial charge in [0.25, 0.3) is 0 Å². The van der Waals surface area contributed by atoms with Gasteiger partial charge in [0.2, 0.25) is 0 Å². The highest BCUT2D eigenvalue weighted by atomic mass is 19.4. The summed E-state index contributed by atoms with van der Waals surface area (Å²) in [6, 6.07) is 43.4. The number of carboxylic acid groups (broad SMARTS) is 3. The number of aryl methyl sites for hydroxylation is 2. The lowest BCUT2D eigenvalue weighted by Crippen LogP contribution is -2.13. The summed E-state index contributed by atoms with van der Waals surface area (Å²) in [6.07, 6.45) is 0.699. The summed E-state index contributed by atoms with van der Waals surface area (Å²) in [7, 11) is 0. The van der Waals surface area contributed by atoms with Crippen molar-refractivity contribution in [3.63, 3.8) is 0 Å². The molecular weight excluding hydrogens is 1300 g/mol. The van der Waals surface area contributed by atoms with Gasteiger partial charge >= 0.3 is 24.1 Å². The van der Waals surface area contributed by atoms with E-state index in [1.165, 1.54) is 54.1 Å². The first-order chi connectivity index (χ1) is 48.1. The Kier molecular flexibility index (Phi) is 18.0. The topological polar surface area (TPSA) is 164 Å². The molecule has 0 amide bonds. The first kappa shape index (κ1) is 68.1. The predicted molar refractivity (Wildman–Crippen MR) is 382 cm³/mol. The maximum absolute atomic E-state index is 14.9. The second kappa shape index (κ2) is 26.7. The van der Waals surface area contributed by atoms with Gasteiger partial charge in [0.1, 0.15) is 23.3 Å². The Morgan fingerprint density at radius 1 is 0.455 bits per heavy atom. The van der Waals surface area contributed by atoms with Crippen molar-refractivity contribution in [3.05, 3.63) is 265 Å². The van der Waals surface area contributed by atoms with Crippen LogP contribution in [0.25, 0.3) is 83.2 Å². The molecule has 3 N–H and O–H groups in total. The van der Waals surface area contributed by atoms with Gasteiger partial charge in [0.05, 0.1) is 59.3 Å². The second-order valence-corrected chi connectivity index (χ2v) is 26.5. The summed E-state index contributed by atoms with van der Waals surface area (Å²) < 4.78 is 103. The molecule has 9 aromatic carbocycles. The number of aromatic carboxylic acids is 2. The Hall–Kier alpha value is -11.5. The third-order valence-electron chi connectivity index (χ3n) is 18.7. The summed E-state index contributed by atoms with van der Waals surface area (Å²) in [5, 5.41) is 31.1. The normalized spacial score (nSPS) is 12.8. The van der Waals surface area contributed by atoms with Crippen molar-refractivity contribution in [2.24, 2.45) is 15.0 Å². The van der Waals surface area contributed by atoms with Crippen LogP contribution in [-0.4, -0.2) is 65.6 Å². The van der Waals surface area contributed by atoms with Crippen molar-refractivity contribution in [2.75, 3.05) is 0 Å². The fraction of sp³-hybridized carbons (Fsp3) is 0.195. The van der Waals surface area contributed by atoms with Crippen LogP contribution in [-0.2, 0) is 37.0 Å². The van der Waals surface area contributed by atoms with Gasteiger partial charge in [-0.05, 0) is 226 Å². The Balaban J connectivity index is 0.000000136. The minimum Gasteiger partial charge on any atom is -0.481 e. The van der Waals surface area contributed by atoms with E-state index in [9.17, 15) is 60.4 Å². The van der Waals surface area contributed by atoms with Crippen LogP contribution in [0.1, 0.15) is 153 Å². The van der Waals surface area contributed by atoms with Crippen molar-refractivity contribution in [3.8, 4) is 50.4 Å². The number of carboxylic acids is 3. The molecule has 0 spiro atoms. The molecule has 0 unspecified atom stereocenters. The summed E-state index contributed by atoms with van der Waals surface area (Å²) in [6.45, 7) is 17.7. The van der Waals surface area contributed by atoms with Crippen molar-refractivity contribution in [1.29, 1.82) is 0 Å². The summed E-state index contributed by atoms with van der Waals surface area (Å²) >= 11 is 0. The zero-order valence-corrected chi connectivity index (χ0v) is 56.2. The van der Waals surface area contributed by atoms with Crippen molar-refractivity contribution < 1.29 is 60.4 Å². The Morgan fingerprint density at radius 3 is 1.24 bits per heavy atom. The molecule has 0 saturated heterocycles. The van der Waals surface area contributed by atoms with E-state index in [2.05, 4.69) is 83.0 Å². The summed E-state index contributed by atoms with van der Waals surface area (Å²) in [4.78, 5) is 47.8. The minimum atomic E-state index is -4.80. The van der Waals surface area contributed by atoms with Gasteiger partial charge < -0.3 is 29.0 Å². The minimum absolute atomic E-state index is 0.0237. The molecule has 0 fully saturated rings. The SMILES string of the molecule is CC(C)c1c(-c2ccc(C(F)(F)F)c(C(=O)O)c2)c2cc3c(cc2n1-c1ccc(F)cc1)C=NC3.Cc1cc(-c2c(C(C)C)n(-c3ccc(F)cc3)c3cc4c(cc23)CN=C4)cc(F)c1C(=O)O.Cc1ccc(CC(=O)O)cc1-c1c(C(C)C)n(-c2ccc(F)cc2)c2cc3c(cc12)CN=C3. The van der Waals surface area contributed by atoms with Crippen LogP contribution in [0.2, 0.25) is 0 Å². The molecule has 12 aromatic rings. The van der Waals surface area contributed by atoms with Crippen LogP contribution in [0.15, 0.2) is 173 Å². The van der Waals surface area contributed by atoms with Gasteiger partial charge in [0.15, 0.2) is 0 Å². The largest absolute Gasteiger partial charge is 0.481 e. The molecule has 0 atom stereocenters. The van der Waals surface area contributed by atoms with Crippen LogP contribution in [0, 0.1) is 37.1 Å². The molecule has 101 heavy (non-hydrogen) atoms. The third kappa shape index (κ3) is 12.7. The standard InChI is InChI=1S/C28H25FN2O2.C27H20F4N2O2.C27H22F2N2O2/c1-16(2)28-27(23-10-18(11-26(32)33)5-4-17(23)3)24-12-19-14-30-15-20(19)13-25(24)31(28)22-8-6-21(29)7-9-22;1-14(2)25-24(15-3-8-22(27(29,30)31)20(9-15)26(34)35)21-10-16-12-32-13-17(16)11-23(21)33(25)19-6-4-18(28)5-7-19;1-14(2)26-25(16-8-15(3)24(27(32)33)22(29)10-16)21-9-17-12-30-13-18(17)11-23(21)31(26)20-6-4-19(28)5-7-20/h4-10,12-13,15-16H,11,14H2,1-3H3,(H,32,33);3-11,13-14H,12H2,1-2H3,(H,34,35);4-11,13-14H,12H2,1-3H3,(H,32,33). The van der Waals surface area contributed by atoms with Gasteiger partial charge in [0, 0.05) is 85.6 Å². The number of rotatable bonds is 13. The fourth-order valence-electron chi connectivity index (χ4n) is 14.4. The lowest BCUT2D eigenvalue weighted by Gasteiger charge is -2.17. The Bertz CT molecular complexity index is 5460. The lowest BCUT2D eigenvalue weighted by molar-refractivity contribution is -0.138. The molecule has 12 nitrogen and oxygen atoms in total. The maximum atomic E-state index is 14.9. The molecule has 3 aliphatic rings. The molecule has 510 valence electrons. The Labute approximate surface area is 576 Å². The molecule has 19 heteroatoms. The zero-order chi connectivity index (χ0) is 71.8. The van der Waals surface area contributed by atoms with Crippen LogP contribution in [0.4, 0.5) is 30.7 Å². The highest BCUT2D eigenvalue weighted by Crippen LogP contribution is 2.48. The van der Waals surface area contributed by atoms with E-state index in [-0.39, 0.29) is 41.4 Å². The molecule has 0 radical (unpaired) electrons. The van der Waals surface area contributed by atoms with Crippen LogP contribution in [0.5, 0.6) is 0 Å². The average Bonchev–Trinajstić information content (AvgIpc) is 1.59. The van der Waals surface area contributed by atoms with Gasteiger partial charge in [-0.3, -0.25) is 19.8 Å². The molecular formula is C82H67F7N6O6. The molecule has 3 aromatic heterocycles. The summed E-state index contributed by atoms with van der Waals surface area (Å²) in [5.74, 6) is -5.42. The summed E-state index contributed by atoms with van der Waals surface area (Å²) in [5.41, 5.74) is 18.7. The first-order valence-electron chi connectivity index (χ1n) is 32.9. The molecule has 0 aliphatic carbocycles. The number of fused-ring (bicyclic) bond motifs is 6. The van der Waals surface area contributed by atoms with Crippen molar-refractivity contribution in [2.45, 2.75) is 105 Å². The molecule has 3 aliphatic heterocycles. The number of aliphatic carboxylic acids is 1. The number of benzene rings is 9. The van der Waals surface area contributed by atoms with E-state index < -0.39 is 46.8 Å². The van der Waals surface area contributed by atoms with E-state index in [1.807, 2.05) is 61.2 Å². The van der Waals surface area contributed by atoms with E-state index >= 15 is 0 Å². The molecule has 15 rings (SSSR count). The third-order valence-corrected chi connectivity index (χ3v) is 18.7. The number of nitrogens with zero attached hydrogens (tertiary/aromatic N) is 6. The van der Waals surface area contributed by atoms with Crippen LogP contribution in [0.3, 0.4) is 0 Å². The van der Waals surface area contributed by atoms with E-state index in [4.69, 9.17) is 0 Å². The monoisotopic (exact) mass is 1360 g/mol. The highest BCUT2D eigenvalue weighted by molar-refractivity contribution is 6.07. The maximum Gasteiger partial charge on any atom is 0.417 e. The number of aliphatic imine (C=N–C) groups is 3. The fourth-order valence-corrected chi connectivity index (χ4v) is 14.4. The van der Waals surface area contributed by atoms with Crippen LogP contribution >= 0.6 is 0 Å². The van der Waals surface area contributed by atoms with Crippen molar-refractivity contribution >= 4 is 69.3 Å². The van der Waals surface area contributed by atoms with Gasteiger partial charge in [-0.25, -0.2) is 27.2 Å². The highest BCUT2D eigenvalue weighted by Gasteiger charge is 2.37. The van der Waals surface area contributed by atoms with E-state index in [1.54, 1.807) is 55.6 Å². The number of carbonyl (C=O) groups is 3. The van der Waals surface area contributed by atoms with E-state index in [0.717, 1.165) is 129 Å².